The number of hydrogen-bond acceptors (Lipinski definition) is 3. The van der Waals surface area contributed by atoms with E-state index >= 15 is 0 Å². The summed E-state index contributed by atoms with van der Waals surface area (Å²) in [6.45, 7) is 1.83. The number of hydrogen-bond donors (Lipinski definition) is 1. The summed E-state index contributed by atoms with van der Waals surface area (Å²) in [5.41, 5.74) is 2.23. The Morgan fingerprint density at radius 3 is 3.05 bits per heavy atom. The molecule has 0 bridgehead atoms. The molecule has 0 saturated heterocycles. The average molecular weight is 301 g/mol. The number of aliphatic hydroxyl groups excluding tert-OH is 1. The first-order valence-electron chi connectivity index (χ1n) is 6.98. The molecular formula is C17H16FNOS. The lowest BCUT2D eigenvalue weighted by atomic mass is 10.2. The van der Waals surface area contributed by atoms with Gasteiger partial charge in [-0.05, 0) is 36.2 Å². The van der Waals surface area contributed by atoms with Gasteiger partial charge in [-0.3, -0.25) is 0 Å². The molecule has 0 atom stereocenters. The van der Waals surface area contributed by atoms with Gasteiger partial charge in [-0.25, -0.2) is 4.39 Å². The van der Waals surface area contributed by atoms with Crippen LogP contribution in [0.2, 0.25) is 0 Å². The van der Waals surface area contributed by atoms with Crippen LogP contribution >= 0.6 is 11.3 Å². The van der Waals surface area contributed by atoms with E-state index in [1.54, 1.807) is 17.4 Å². The van der Waals surface area contributed by atoms with E-state index in [-0.39, 0.29) is 12.4 Å². The van der Waals surface area contributed by atoms with Crippen LogP contribution in [0, 0.1) is 17.7 Å². The summed E-state index contributed by atoms with van der Waals surface area (Å²) in [4.78, 5) is 4.45. The molecule has 0 aliphatic carbocycles. The molecule has 0 amide bonds. The molecule has 2 heterocycles. The number of fused-ring (bicyclic) bond motifs is 1. The molecule has 0 fully saturated rings. The molecule has 3 rings (SSSR count). The van der Waals surface area contributed by atoms with Crippen molar-refractivity contribution in [2.45, 2.75) is 19.4 Å². The van der Waals surface area contributed by atoms with Gasteiger partial charge in [0.25, 0.3) is 0 Å². The predicted octanol–water partition coefficient (Wildman–Crippen LogP) is 3.18. The predicted molar refractivity (Wildman–Crippen MR) is 84.1 cm³/mol. The van der Waals surface area contributed by atoms with Gasteiger partial charge in [0.2, 0.25) is 0 Å². The number of benzene rings is 1. The van der Waals surface area contributed by atoms with Gasteiger partial charge in [0, 0.05) is 23.5 Å². The molecule has 108 valence electrons. The molecule has 0 radical (unpaired) electrons. The molecule has 1 aliphatic rings. The lowest BCUT2D eigenvalue weighted by Crippen LogP contribution is -2.18. The summed E-state index contributed by atoms with van der Waals surface area (Å²) in [5, 5.41) is 8.72. The topological polar surface area (TPSA) is 23.5 Å². The van der Waals surface area contributed by atoms with E-state index < -0.39 is 0 Å². The Morgan fingerprint density at radius 2 is 2.19 bits per heavy atom. The third-order valence-corrected chi connectivity index (χ3v) is 4.48. The second kappa shape index (κ2) is 6.30. The van der Waals surface area contributed by atoms with Gasteiger partial charge in [0.1, 0.15) is 5.82 Å². The summed E-state index contributed by atoms with van der Waals surface area (Å²) >= 11 is 1.66. The summed E-state index contributed by atoms with van der Waals surface area (Å²) in [6.07, 6.45) is 1.48. The van der Waals surface area contributed by atoms with Crippen LogP contribution in [-0.4, -0.2) is 18.3 Å². The second-order valence-electron chi connectivity index (χ2n) is 4.99. The van der Waals surface area contributed by atoms with Gasteiger partial charge in [0.05, 0.1) is 18.0 Å². The van der Waals surface area contributed by atoms with Crippen molar-refractivity contribution in [3.05, 3.63) is 51.5 Å². The quantitative estimate of drug-likeness (QED) is 0.880. The van der Waals surface area contributed by atoms with Gasteiger partial charge in [-0.2, -0.15) is 0 Å². The van der Waals surface area contributed by atoms with E-state index in [4.69, 9.17) is 5.11 Å². The number of aliphatic hydroxyl groups is 1. The average Bonchev–Trinajstić information content (AvgIpc) is 3.07. The molecule has 0 unspecified atom stereocenters. The monoisotopic (exact) mass is 301 g/mol. The first-order chi connectivity index (χ1) is 10.3. The summed E-state index contributed by atoms with van der Waals surface area (Å²) in [7, 11) is 0. The molecule has 1 aromatic carbocycles. The molecule has 21 heavy (non-hydrogen) atoms. The first kappa shape index (κ1) is 14.1. The van der Waals surface area contributed by atoms with Crippen LogP contribution in [0.15, 0.2) is 30.3 Å². The normalized spacial score (nSPS) is 13.0. The van der Waals surface area contributed by atoms with Gasteiger partial charge < -0.3 is 10.0 Å². The zero-order valence-corrected chi connectivity index (χ0v) is 12.4. The van der Waals surface area contributed by atoms with Gasteiger partial charge in [-0.1, -0.05) is 17.9 Å². The van der Waals surface area contributed by atoms with E-state index in [2.05, 4.69) is 22.8 Å². The van der Waals surface area contributed by atoms with Crippen LogP contribution in [-0.2, 0) is 13.0 Å². The molecule has 2 nitrogen and oxygen atoms in total. The highest BCUT2D eigenvalue weighted by atomic mass is 32.1. The zero-order chi connectivity index (χ0) is 14.7. The third-order valence-electron chi connectivity index (χ3n) is 3.50. The highest BCUT2D eigenvalue weighted by Gasteiger charge is 2.20. The van der Waals surface area contributed by atoms with Crippen LogP contribution in [0.25, 0.3) is 0 Å². The number of anilines is 1. The fourth-order valence-electron chi connectivity index (χ4n) is 2.51. The molecule has 1 aliphatic heterocycles. The third kappa shape index (κ3) is 3.26. The SMILES string of the molecule is OCCC#Cc1ccc(CN2CCc3ccc(F)cc32)s1. The maximum Gasteiger partial charge on any atom is 0.125 e. The molecular weight excluding hydrogens is 285 g/mol. The Labute approximate surface area is 127 Å². The summed E-state index contributed by atoms with van der Waals surface area (Å²) < 4.78 is 13.4. The van der Waals surface area contributed by atoms with Crippen molar-refractivity contribution in [1.29, 1.82) is 0 Å². The Bertz CT molecular complexity index is 698. The van der Waals surface area contributed by atoms with E-state index in [0.29, 0.717) is 6.42 Å². The minimum atomic E-state index is -0.178. The van der Waals surface area contributed by atoms with Crippen LogP contribution in [0.5, 0.6) is 0 Å². The van der Waals surface area contributed by atoms with Gasteiger partial charge >= 0.3 is 0 Å². The molecule has 4 heteroatoms. The van der Waals surface area contributed by atoms with Crippen LogP contribution in [0.4, 0.5) is 10.1 Å². The second-order valence-corrected chi connectivity index (χ2v) is 6.15. The minimum absolute atomic E-state index is 0.0986. The highest BCUT2D eigenvalue weighted by Crippen LogP contribution is 2.31. The van der Waals surface area contributed by atoms with Crippen molar-refractivity contribution in [2.24, 2.45) is 0 Å². The number of halogens is 1. The lowest BCUT2D eigenvalue weighted by molar-refractivity contribution is 0.305. The van der Waals surface area contributed by atoms with Crippen molar-refractivity contribution in [2.75, 3.05) is 18.1 Å². The smallest absolute Gasteiger partial charge is 0.125 e. The Hall–Kier alpha value is -1.83. The molecule has 0 saturated carbocycles. The number of thiophene rings is 1. The number of rotatable bonds is 3. The van der Waals surface area contributed by atoms with E-state index in [9.17, 15) is 4.39 Å². The standard InChI is InChI=1S/C17H16FNOS/c18-14-5-4-13-8-9-19(17(13)11-14)12-16-7-6-15(21-16)3-1-2-10-20/h4-7,11,20H,2,8-10,12H2. The fraction of sp³-hybridized carbons (Fsp3) is 0.294. The Balaban J connectivity index is 1.72. The summed E-state index contributed by atoms with van der Waals surface area (Å²) in [6, 6.07) is 9.11. The molecule has 0 spiro atoms. The van der Waals surface area contributed by atoms with Crippen LogP contribution in [0.3, 0.4) is 0 Å². The van der Waals surface area contributed by atoms with E-state index in [0.717, 1.165) is 30.1 Å². The number of nitrogens with zero attached hydrogens (tertiary/aromatic N) is 1. The van der Waals surface area contributed by atoms with Gasteiger partial charge in [0.15, 0.2) is 0 Å². The summed E-state index contributed by atoms with van der Waals surface area (Å²) in [5.74, 6) is 5.80. The van der Waals surface area contributed by atoms with Crippen molar-refractivity contribution >= 4 is 17.0 Å². The molecule has 1 N–H and O–H groups in total. The zero-order valence-electron chi connectivity index (χ0n) is 11.6. The lowest BCUT2D eigenvalue weighted by Gasteiger charge is -2.18. The Morgan fingerprint density at radius 1 is 1.29 bits per heavy atom. The maximum absolute atomic E-state index is 13.4. The molecule has 1 aromatic heterocycles. The van der Waals surface area contributed by atoms with Crippen molar-refractivity contribution in [1.82, 2.24) is 0 Å². The van der Waals surface area contributed by atoms with Crippen molar-refractivity contribution in [3.8, 4) is 11.8 Å². The minimum Gasteiger partial charge on any atom is -0.395 e. The van der Waals surface area contributed by atoms with Crippen molar-refractivity contribution < 1.29 is 9.50 Å². The van der Waals surface area contributed by atoms with E-state index in [1.807, 2.05) is 12.1 Å². The highest BCUT2D eigenvalue weighted by molar-refractivity contribution is 7.12. The Kier molecular flexibility index (Phi) is 4.23. The molecule has 2 aromatic rings. The van der Waals surface area contributed by atoms with E-state index in [1.165, 1.54) is 16.5 Å². The van der Waals surface area contributed by atoms with Crippen LogP contribution in [0.1, 0.15) is 21.7 Å². The van der Waals surface area contributed by atoms with Crippen molar-refractivity contribution in [3.63, 3.8) is 0 Å². The fourth-order valence-corrected chi connectivity index (χ4v) is 3.40. The maximum atomic E-state index is 13.4. The van der Waals surface area contributed by atoms with Crippen LogP contribution < -0.4 is 4.90 Å². The first-order valence-corrected chi connectivity index (χ1v) is 7.80. The largest absolute Gasteiger partial charge is 0.395 e. The van der Waals surface area contributed by atoms with Gasteiger partial charge in [-0.15, -0.1) is 11.3 Å².